The summed E-state index contributed by atoms with van der Waals surface area (Å²) in [6.07, 6.45) is 4.40. The van der Waals surface area contributed by atoms with Gasteiger partial charge in [-0.2, -0.15) is 0 Å². The third-order valence-corrected chi connectivity index (χ3v) is 4.75. The van der Waals surface area contributed by atoms with Crippen molar-refractivity contribution >= 4 is 22.6 Å². The van der Waals surface area contributed by atoms with Crippen LogP contribution in [0.4, 0.5) is 17.1 Å². The van der Waals surface area contributed by atoms with E-state index in [1.165, 1.54) is 11.1 Å². The van der Waals surface area contributed by atoms with Gasteiger partial charge in [0.2, 0.25) is 0 Å². The summed E-state index contributed by atoms with van der Waals surface area (Å²) in [5.41, 5.74) is 5.77. The summed E-state index contributed by atoms with van der Waals surface area (Å²) < 4.78 is 5.69. The summed E-state index contributed by atoms with van der Waals surface area (Å²) in [7, 11) is 1.73. The van der Waals surface area contributed by atoms with Gasteiger partial charge < -0.3 is 15.4 Å². The van der Waals surface area contributed by atoms with Crippen molar-refractivity contribution in [2.24, 2.45) is 0 Å². The standard InChI is InChI=1S/C21H26N2O/c1-5-15-14-21(3,6-2)23-20-18(15)12-17(13-19(20)24-4)22-16-10-8-7-9-11-16/h7-14,22-23H,5-6H2,1-4H3. The number of nitrogens with one attached hydrogen (secondary N) is 2. The van der Waals surface area contributed by atoms with Crippen LogP contribution in [-0.4, -0.2) is 12.6 Å². The first-order chi connectivity index (χ1) is 11.6. The van der Waals surface area contributed by atoms with E-state index >= 15 is 0 Å². The van der Waals surface area contributed by atoms with Crippen LogP contribution in [-0.2, 0) is 0 Å². The second-order valence-electron chi connectivity index (χ2n) is 6.51. The van der Waals surface area contributed by atoms with Crippen LogP contribution in [0, 0.1) is 0 Å². The Morgan fingerprint density at radius 3 is 2.46 bits per heavy atom. The number of hydrogen-bond donors (Lipinski definition) is 2. The number of methoxy groups -OCH3 is 1. The van der Waals surface area contributed by atoms with Gasteiger partial charge in [-0.15, -0.1) is 0 Å². The smallest absolute Gasteiger partial charge is 0.144 e. The zero-order chi connectivity index (χ0) is 17.2. The first-order valence-corrected chi connectivity index (χ1v) is 8.63. The fourth-order valence-corrected chi connectivity index (χ4v) is 3.19. The van der Waals surface area contributed by atoms with Gasteiger partial charge in [0.1, 0.15) is 5.75 Å². The molecule has 0 saturated heterocycles. The van der Waals surface area contributed by atoms with Crippen molar-refractivity contribution in [2.45, 2.75) is 39.2 Å². The maximum atomic E-state index is 5.69. The second-order valence-corrected chi connectivity index (χ2v) is 6.51. The molecule has 1 atom stereocenters. The summed E-state index contributed by atoms with van der Waals surface area (Å²) >= 11 is 0. The Hall–Kier alpha value is -2.42. The minimum atomic E-state index is -0.0278. The molecule has 0 aliphatic carbocycles. The highest BCUT2D eigenvalue weighted by molar-refractivity contribution is 5.87. The summed E-state index contributed by atoms with van der Waals surface area (Å²) in [5.74, 6) is 0.879. The summed E-state index contributed by atoms with van der Waals surface area (Å²) in [6.45, 7) is 6.65. The van der Waals surface area contributed by atoms with Crippen LogP contribution < -0.4 is 15.4 Å². The molecular formula is C21H26N2O. The van der Waals surface area contributed by atoms with Crippen molar-refractivity contribution in [3.05, 3.63) is 54.1 Å². The Labute approximate surface area is 144 Å². The normalized spacial score (nSPS) is 19.1. The molecular weight excluding hydrogens is 296 g/mol. The maximum absolute atomic E-state index is 5.69. The largest absolute Gasteiger partial charge is 0.494 e. The van der Waals surface area contributed by atoms with Crippen LogP contribution >= 0.6 is 0 Å². The van der Waals surface area contributed by atoms with Gasteiger partial charge in [0.15, 0.2) is 0 Å². The first-order valence-electron chi connectivity index (χ1n) is 8.63. The number of anilines is 3. The summed E-state index contributed by atoms with van der Waals surface area (Å²) in [4.78, 5) is 0. The van der Waals surface area contributed by atoms with Crippen LogP contribution in [0.25, 0.3) is 5.57 Å². The number of rotatable bonds is 5. The number of fused-ring (bicyclic) bond motifs is 1. The molecule has 3 rings (SSSR count). The van der Waals surface area contributed by atoms with E-state index in [1.807, 2.05) is 18.2 Å². The maximum Gasteiger partial charge on any atom is 0.144 e. The molecule has 0 bridgehead atoms. The molecule has 2 N–H and O–H groups in total. The van der Waals surface area contributed by atoms with Crippen molar-refractivity contribution in [1.82, 2.24) is 0 Å². The van der Waals surface area contributed by atoms with Gasteiger partial charge in [0.05, 0.1) is 18.3 Å². The van der Waals surface area contributed by atoms with E-state index in [0.717, 1.165) is 35.7 Å². The molecule has 2 aromatic carbocycles. The van der Waals surface area contributed by atoms with Gasteiger partial charge in [-0.3, -0.25) is 0 Å². The zero-order valence-corrected chi connectivity index (χ0v) is 14.9. The summed E-state index contributed by atoms with van der Waals surface area (Å²) in [6, 6.07) is 14.5. The minimum Gasteiger partial charge on any atom is -0.494 e. The third-order valence-electron chi connectivity index (χ3n) is 4.75. The number of allylic oxidation sites excluding steroid dienone is 1. The monoisotopic (exact) mass is 322 g/mol. The molecule has 0 fully saturated rings. The predicted molar refractivity (Wildman–Crippen MR) is 103 cm³/mol. The van der Waals surface area contributed by atoms with Crippen LogP contribution in [0.5, 0.6) is 5.75 Å². The van der Waals surface area contributed by atoms with E-state index in [9.17, 15) is 0 Å². The lowest BCUT2D eigenvalue weighted by Crippen LogP contribution is -2.34. The van der Waals surface area contributed by atoms with E-state index in [2.05, 4.69) is 61.7 Å². The molecule has 1 aliphatic rings. The molecule has 24 heavy (non-hydrogen) atoms. The molecule has 1 heterocycles. The Kier molecular flexibility index (Phi) is 4.52. The quantitative estimate of drug-likeness (QED) is 0.727. The Morgan fingerprint density at radius 2 is 1.83 bits per heavy atom. The molecule has 0 radical (unpaired) electrons. The molecule has 1 aliphatic heterocycles. The number of para-hydroxylation sites is 1. The molecule has 126 valence electrons. The van der Waals surface area contributed by atoms with E-state index < -0.39 is 0 Å². The average Bonchev–Trinajstić information content (AvgIpc) is 2.61. The fraction of sp³-hybridized carbons (Fsp3) is 0.333. The van der Waals surface area contributed by atoms with Gasteiger partial charge >= 0.3 is 0 Å². The van der Waals surface area contributed by atoms with Crippen molar-refractivity contribution in [1.29, 1.82) is 0 Å². The van der Waals surface area contributed by atoms with Crippen molar-refractivity contribution in [3.63, 3.8) is 0 Å². The van der Waals surface area contributed by atoms with Gasteiger partial charge in [-0.1, -0.05) is 38.1 Å². The lowest BCUT2D eigenvalue weighted by atomic mass is 9.86. The van der Waals surface area contributed by atoms with Gasteiger partial charge in [0.25, 0.3) is 0 Å². The second kappa shape index (κ2) is 6.60. The Balaban J connectivity index is 2.06. The third kappa shape index (κ3) is 3.12. The molecule has 0 saturated carbocycles. The highest BCUT2D eigenvalue weighted by atomic mass is 16.5. The molecule has 0 aromatic heterocycles. The van der Waals surface area contributed by atoms with E-state index in [1.54, 1.807) is 7.11 Å². The average molecular weight is 322 g/mol. The lowest BCUT2D eigenvalue weighted by molar-refractivity contribution is 0.414. The van der Waals surface area contributed by atoms with Crippen molar-refractivity contribution < 1.29 is 4.74 Å². The SMILES string of the molecule is CCC1=CC(C)(CC)Nc2c(OC)cc(Nc3ccccc3)cc21. The highest BCUT2D eigenvalue weighted by Gasteiger charge is 2.29. The number of benzene rings is 2. The zero-order valence-electron chi connectivity index (χ0n) is 14.9. The molecule has 3 heteroatoms. The van der Waals surface area contributed by atoms with Crippen LogP contribution in [0.3, 0.4) is 0 Å². The lowest BCUT2D eigenvalue weighted by Gasteiger charge is -2.35. The molecule has 2 aromatic rings. The van der Waals surface area contributed by atoms with Gasteiger partial charge in [0, 0.05) is 23.0 Å². The molecule has 3 nitrogen and oxygen atoms in total. The van der Waals surface area contributed by atoms with Crippen LogP contribution in [0.2, 0.25) is 0 Å². The topological polar surface area (TPSA) is 33.3 Å². The van der Waals surface area contributed by atoms with E-state index in [0.29, 0.717) is 0 Å². The highest BCUT2D eigenvalue weighted by Crippen LogP contribution is 2.44. The number of hydrogen-bond acceptors (Lipinski definition) is 3. The predicted octanol–water partition coefficient (Wildman–Crippen LogP) is 5.83. The first kappa shape index (κ1) is 16.4. The fourth-order valence-electron chi connectivity index (χ4n) is 3.19. The minimum absolute atomic E-state index is 0.0278. The van der Waals surface area contributed by atoms with Crippen LogP contribution in [0.15, 0.2) is 48.5 Å². The van der Waals surface area contributed by atoms with Gasteiger partial charge in [-0.05, 0) is 43.5 Å². The van der Waals surface area contributed by atoms with Crippen molar-refractivity contribution in [2.75, 3.05) is 17.7 Å². The van der Waals surface area contributed by atoms with Crippen molar-refractivity contribution in [3.8, 4) is 5.75 Å². The van der Waals surface area contributed by atoms with Crippen LogP contribution in [0.1, 0.15) is 39.2 Å². The Morgan fingerprint density at radius 1 is 1.08 bits per heavy atom. The number of ether oxygens (including phenoxy) is 1. The van der Waals surface area contributed by atoms with E-state index in [4.69, 9.17) is 4.74 Å². The molecule has 0 spiro atoms. The summed E-state index contributed by atoms with van der Waals surface area (Å²) in [5, 5.41) is 7.14. The van der Waals surface area contributed by atoms with Gasteiger partial charge in [-0.25, -0.2) is 0 Å². The van der Waals surface area contributed by atoms with E-state index in [-0.39, 0.29) is 5.54 Å². The molecule has 1 unspecified atom stereocenters. The molecule has 0 amide bonds. The Bertz CT molecular complexity index is 752.